The second-order valence-electron chi connectivity index (χ2n) is 6.98. The molecule has 13 heteroatoms. The SMILES string of the molecule is CC(=NOCC(=O)O)c1ccc(S(=O)(=O)Nc2ccc(Cl)cc2-n2nnc3ncccc32)cc1. The normalized spacial score (nSPS) is 12.0. The zero-order valence-electron chi connectivity index (χ0n) is 17.6. The van der Waals surface area contributed by atoms with Crippen molar-refractivity contribution in [3.05, 3.63) is 71.4 Å². The first-order valence-electron chi connectivity index (χ1n) is 9.72. The second-order valence-corrected chi connectivity index (χ2v) is 9.10. The third-order valence-corrected chi connectivity index (χ3v) is 6.24. The Morgan fingerprint density at radius 1 is 1.21 bits per heavy atom. The highest BCUT2D eigenvalue weighted by atomic mass is 35.5. The highest BCUT2D eigenvalue weighted by Gasteiger charge is 2.19. The molecule has 0 bridgehead atoms. The first kappa shape index (κ1) is 23.1. The number of anilines is 1. The molecule has 2 aromatic carbocycles. The van der Waals surface area contributed by atoms with Crippen molar-refractivity contribution in [2.45, 2.75) is 11.8 Å². The molecule has 0 radical (unpaired) electrons. The molecule has 2 heterocycles. The van der Waals surface area contributed by atoms with Gasteiger partial charge in [-0.1, -0.05) is 34.1 Å². The fourth-order valence-corrected chi connectivity index (χ4v) is 4.27. The Balaban J connectivity index is 1.62. The van der Waals surface area contributed by atoms with Crippen LogP contribution in [0.2, 0.25) is 5.02 Å². The smallest absolute Gasteiger partial charge is 0.344 e. The first-order chi connectivity index (χ1) is 16.2. The maximum absolute atomic E-state index is 13.1. The zero-order valence-corrected chi connectivity index (χ0v) is 19.2. The molecule has 0 saturated heterocycles. The Labute approximate surface area is 198 Å². The molecule has 4 rings (SSSR count). The number of fused-ring (bicyclic) bond motifs is 1. The van der Waals surface area contributed by atoms with Gasteiger partial charge in [0.2, 0.25) is 12.3 Å². The number of rotatable bonds is 8. The third kappa shape index (κ3) is 4.97. The molecule has 4 aromatic rings. The molecule has 174 valence electrons. The van der Waals surface area contributed by atoms with Gasteiger partial charge in [0.1, 0.15) is 5.52 Å². The summed E-state index contributed by atoms with van der Waals surface area (Å²) in [6, 6.07) is 14.0. The number of carboxylic acid groups (broad SMARTS) is 1. The number of carbonyl (C=O) groups is 1. The van der Waals surface area contributed by atoms with Gasteiger partial charge in [-0.25, -0.2) is 22.9 Å². The number of aliphatic carboxylic acids is 1. The molecule has 11 nitrogen and oxygen atoms in total. The minimum absolute atomic E-state index is 0.00141. The molecule has 0 amide bonds. The second kappa shape index (κ2) is 9.45. The summed E-state index contributed by atoms with van der Waals surface area (Å²) in [5.74, 6) is -1.15. The summed E-state index contributed by atoms with van der Waals surface area (Å²) in [7, 11) is -3.98. The number of oxime groups is 1. The predicted molar refractivity (Wildman–Crippen MR) is 125 cm³/mol. The molecule has 2 N–H and O–H groups in total. The Morgan fingerprint density at radius 3 is 2.71 bits per heavy atom. The number of hydrogen-bond donors (Lipinski definition) is 2. The molecule has 0 fully saturated rings. The highest BCUT2D eigenvalue weighted by Crippen LogP contribution is 2.28. The van der Waals surface area contributed by atoms with Crippen LogP contribution in [0.1, 0.15) is 12.5 Å². The van der Waals surface area contributed by atoms with Gasteiger partial charge in [0.05, 0.1) is 22.0 Å². The van der Waals surface area contributed by atoms with Crippen molar-refractivity contribution in [3.8, 4) is 5.69 Å². The molecule has 34 heavy (non-hydrogen) atoms. The molecule has 2 aromatic heterocycles. The van der Waals surface area contributed by atoms with E-state index in [9.17, 15) is 13.2 Å². The van der Waals surface area contributed by atoms with Gasteiger partial charge in [0, 0.05) is 11.2 Å². The fourth-order valence-electron chi connectivity index (χ4n) is 3.03. The van der Waals surface area contributed by atoms with Gasteiger partial charge in [0.25, 0.3) is 10.0 Å². The van der Waals surface area contributed by atoms with Crippen LogP contribution in [0.25, 0.3) is 16.9 Å². The van der Waals surface area contributed by atoms with Crippen LogP contribution in [0.15, 0.2) is 70.8 Å². The number of pyridine rings is 1. The lowest BCUT2D eigenvalue weighted by atomic mass is 10.1. The largest absolute Gasteiger partial charge is 0.479 e. The van der Waals surface area contributed by atoms with Gasteiger partial charge in [-0.2, -0.15) is 0 Å². The molecule has 0 unspecified atom stereocenters. The van der Waals surface area contributed by atoms with E-state index in [4.69, 9.17) is 21.5 Å². The van der Waals surface area contributed by atoms with E-state index < -0.39 is 22.6 Å². The molecule has 0 spiro atoms. The van der Waals surface area contributed by atoms with Gasteiger partial charge in [-0.05, 0) is 55.0 Å². The van der Waals surface area contributed by atoms with Crippen molar-refractivity contribution in [3.63, 3.8) is 0 Å². The fraction of sp³-hybridized carbons (Fsp3) is 0.0952. The van der Waals surface area contributed by atoms with Crippen LogP contribution >= 0.6 is 11.6 Å². The van der Waals surface area contributed by atoms with E-state index in [2.05, 4.69) is 25.2 Å². The molecule has 0 aliphatic heterocycles. The predicted octanol–water partition coefficient (Wildman–Crippen LogP) is 3.09. The van der Waals surface area contributed by atoms with Crippen LogP contribution in [0.3, 0.4) is 0 Å². The van der Waals surface area contributed by atoms with Crippen molar-refractivity contribution < 1.29 is 23.2 Å². The zero-order chi connectivity index (χ0) is 24.3. The number of nitrogens with zero attached hydrogens (tertiary/aromatic N) is 5. The number of nitrogens with one attached hydrogen (secondary N) is 1. The Kier molecular flexibility index (Phi) is 6.43. The lowest BCUT2D eigenvalue weighted by molar-refractivity contribution is -0.142. The van der Waals surface area contributed by atoms with E-state index >= 15 is 0 Å². The van der Waals surface area contributed by atoms with Crippen molar-refractivity contribution in [2.75, 3.05) is 11.3 Å². The first-order valence-corrected chi connectivity index (χ1v) is 11.6. The monoisotopic (exact) mass is 500 g/mol. The highest BCUT2D eigenvalue weighted by molar-refractivity contribution is 7.92. The average molecular weight is 501 g/mol. The van der Waals surface area contributed by atoms with Crippen LogP contribution in [0.5, 0.6) is 0 Å². The van der Waals surface area contributed by atoms with Crippen LogP contribution in [-0.2, 0) is 19.7 Å². The number of halogens is 1. The summed E-state index contributed by atoms with van der Waals surface area (Å²) in [4.78, 5) is 19.4. The maximum atomic E-state index is 13.1. The topological polar surface area (TPSA) is 149 Å². The Morgan fingerprint density at radius 2 is 1.97 bits per heavy atom. The van der Waals surface area contributed by atoms with Gasteiger partial charge >= 0.3 is 5.97 Å². The summed E-state index contributed by atoms with van der Waals surface area (Å²) < 4.78 is 30.2. The summed E-state index contributed by atoms with van der Waals surface area (Å²) >= 11 is 6.17. The van der Waals surface area contributed by atoms with Crippen molar-refractivity contribution in [1.82, 2.24) is 20.0 Å². The van der Waals surface area contributed by atoms with E-state index in [-0.39, 0.29) is 10.6 Å². The minimum atomic E-state index is -3.98. The number of carboxylic acids is 1. The summed E-state index contributed by atoms with van der Waals surface area (Å²) in [6.07, 6.45) is 1.58. The van der Waals surface area contributed by atoms with E-state index in [0.717, 1.165) is 0 Å². The number of hydrogen-bond acceptors (Lipinski definition) is 8. The van der Waals surface area contributed by atoms with Gasteiger partial charge in [-0.15, -0.1) is 5.10 Å². The van der Waals surface area contributed by atoms with Gasteiger partial charge < -0.3 is 9.94 Å². The van der Waals surface area contributed by atoms with Gasteiger partial charge in [0.15, 0.2) is 0 Å². The maximum Gasteiger partial charge on any atom is 0.344 e. The number of aromatic nitrogens is 4. The van der Waals surface area contributed by atoms with Crippen molar-refractivity contribution in [2.24, 2.45) is 5.16 Å². The van der Waals surface area contributed by atoms with E-state index in [1.807, 2.05) is 0 Å². The van der Waals surface area contributed by atoms with E-state index in [1.54, 1.807) is 37.4 Å². The molecule has 0 saturated carbocycles. The quantitative estimate of drug-likeness (QED) is 0.277. The number of sulfonamides is 1. The lowest BCUT2D eigenvalue weighted by Crippen LogP contribution is -2.15. The molecule has 0 aliphatic carbocycles. The van der Waals surface area contributed by atoms with E-state index in [0.29, 0.717) is 33.1 Å². The average Bonchev–Trinajstić information content (AvgIpc) is 3.24. The van der Waals surface area contributed by atoms with Gasteiger partial charge in [-0.3, -0.25) is 4.72 Å². The van der Waals surface area contributed by atoms with Crippen molar-refractivity contribution in [1.29, 1.82) is 0 Å². The van der Waals surface area contributed by atoms with Crippen molar-refractivity contribution >= 4 is 50.2 Å². The molecular formula is C21H17ClN6O5S. The van der Waals surface area contributed by atoms with Crippen LogP contribution in [0.4, 0.5) is 5.69 Å². The van der Waals surface area contributed by atoms with Crippen LogP contribution in [-0.4, -0.2) is 51.8 Å². The van der Waals surface area contributed by atoms with Crippen LogP contribution in [0, 0.1) is 0 Å². The summed E-state index contributed by atoms with van der Waals surface area (Å²) in [6.45, 7) is 1.04. The summed E-state index contributed by atoms with van der Waals surface area (Å²) in [5.41, 5.74) is 2.55. The van der Waals surface area contributed by atoms with Crippen LogP contribution < -0.4 is 4.72 Å². The standard InChI is InChI=1S/C21H17ClN6O5S/c1-13(25-33-12-20(29)30)14-4-7-16(8-5-14)34(31,32)26-17-9-6-15(22)11-19(17)28-18-3-2-10-23-21(18)24-27-28/h2-11,26H,12H2,1H3,(H,29,30). The minimum Gasteiger partial charge on any atom is -0.479 e. The summed E-state index contributed by atoms with van der Waals surface area (Å²) in [5, 5.41) is 20.8. The molecular weight excluding hydrogens is 484 g/mol. The molecule has 0 atom stereocenters. The number of benzene rings is 2. The molecule has 0 aliphatic rings. The van der Waals surface area contributed by atoms with E-state index in [1.165, 1.54) is 35.0 Å². The third-order valence-electron chi connectivity index (χ3n) is 4.63. The Hall–Kier alpha value is -4.03. The Bertz CT molecular complexity index is 1500. The lowest BCUT2D eigenvalue weighted by Gasteiger charge is -2.13.